The molecule has 1 aliphatic heterocycles. The fourth-order valence-corrected chi connectivity index (χ4v) is 3.04. The number of nitrogens with two attached hydrogens (primary N) is 1. The summed E-state index contributed by atoms with van der Waals surface area (Å²) >= 11 is 0. The number of hydrogen-bond acceptors (Lipinski definition) is 5. The molecule has 0 aliphatic carbocycles. The molecule has 0 aromatic carbocycles. The summed E-state index contributed by atoms with van der Waals surface area (Å²) in [4.78, 5) is 20.8. The van der Waals surface area contributed by atoms with E-state index in [4.69, 9.17) is 10.5 Å². The van der Waals surface area contributed by atoms with Crippen LogP contribution in [0.25, 0.3) is 0 Å². The summed E-state index contributed by atoms with van der Waals surface area (Å²) in [7, 11) is 3.42. The minimum atomic E-state index is -0.563. The molecule has 0 spiro atoms. The summed E-state index contributed by atoms with van der Waals surface area (Å²) in [5.41, 5.74) is 6.97. The lowest BCUT2D eigenvalue weighted by atomic mass is 10.0. The molecule has 0 saturated carbocycles. The normalized spacial score (nSPS) is 16.4. The monoisotopic (exact) mass is 392 g/mol. The number of nitrogens with zero attached hydrogens (tertiary/aromatic N) is 3. The second kappa shape index (κ2) is 12.4. The quantitative estimate of drug-likeness (QED) is 0.758. The maximum Gasteiger partial charge on any atom is 0.241 e. The van der Waals surface area contributed by atoms with Crippen LogP contribution in [-0.2, 0) is 16.0 Å². The van der Waals surface area contributed by atoms with E-state index in [0.29, 0.717) is 0 Å². The van der Waals surface area contributed by atoms with Gasteiger partial charge in [0.1, 0.15) is 6.04 Å². The van der Waals surface area contributed by atoms with Gasteiger partial charge < -0.3 is 20.3 Å². The second-order valence-electron chi connectivity index (χ2n) is 6.15. The van der Waals surface area contributed by atoms with Gasteiger partial charge in [0.15, 0.2) is 0 Å². The van der Waals surface area contributed by atoms with Gasteiger partial charge in [-0.2, -0.15) is 0 Å². The summed E-state index contributed by atoms with van der Waals surface area (Å²) in [5, 5.41) is 0. The SMILES string of the molecule is COCC(N)C(=O)N(C)C1CCN(CCc2ccccn2)CC1.Cl.Cl. The minimum Gasteiger partial charge on any atom is -0.383 e. The van der Waals surface area contributed by atoms with Crippen molar-refractivity contribution in [3.05, 3.63) is 30.1 Å². The van der Waals surface area contributed by atoms with Gasteiger partial charge in [0.2, 0.25) is 5.91 Å². The van der Waals surface area contributed by atoms with Gasteiger partial charge in [0.25, 0.3) is 0 Å². The molecule has 1 atom stereocenters. The first-order valence-corrected chi connectivity index (χ1v) is 8.25. The lowest BCUT2D eigenvalue weighted by Gasteiger charge is -2.37. The standard InChI is InChI=1S/C17H28N4O2.2ClH/c1-20(17(22)16(18)13-23-2)15-7-11-21(12-8-15)10-6-14-5-3-4-9-19-14;;/h3-5,9,15-16H,6-8,10-13,18H2,1-2H3;2*1H. The van der Waals surface area contributed by atoms with Crippen LogP contribution in [0.3, 0.4) is 0 Å². The van der Waals surface area contributed by atoms with E-state index in [0.717, 1.165) is 44.6 Å². The number of rotatable bonds is 7. The Hall–Kier alpha value is -0.920. The maximum absolute atomic E-state index is 12.2. The zero-order chi connectivity index (χ0) is 16.7. The van der Waals surface area contributed by atoms with Crippen LogP contribution in [0.15, 0.2) is 24.4 Å². The van der Waals surface area contributed by atoms with Crippen molar-refractivity contribution in [2.75, 3.05) is 40.4 Å². The van der Waals surface area contributed by atoms with E-state index < -0.39 is 6.04 Å². The van der Waals surface area contributed by atoms with Crippen molar-refractivity contribution in [1.82, 2.24) is 14.8 Å². The number of hydrogen-bond donors (Lipinski definition) is 1. The molecule has 1 fully saturated rings. The summed E-state index contributed by atoms with van der Waals surface area (Å²) in [6.45, 7) is 3.31. The minimum absolute atomic E-state index is 0. The van der Waals surface area contributed by atoms with Crippen LogP contribution in [0.5, 0.6) is 0 Å². The van der Waals surface area contributed by atoms with Gasteiger partial charge in [-0.05, 0) is 25.0 Å². The number of amides is 1. The number of methoxy groups -OCH3 is 1. The average Bonchev–Trinajstić information content (AvgIpc) is 2.60. The molecule has 1 unspecified atom stereocenters. The van der Waals surface area contributed by atoms with Crippen molar-refractivity contribution in [1.29, 1.82) is 0 Å². The van der Waals surface area contributed by atoms with E-state index in [-0.39, 0.29) is 43.4 Å². The highest BCUT2D eigenvalue weighted by Crippen LogP contribution is 2.16. The second-order valence-corrected chi connectivity index (χ2v) is 6.15. The largest absolute Gasteiger partial charge is 0.383 e. The smallest absolute Gasteiger partial charge is 0.241 e. The third-order valence-corrected chi connectivity index (χ3v) is 4.53. The van der Waals surface area contributed by atoms with Crippen molar-refractivity contribution in [3.8, 4) is 0 Å². The molecule has 2 N–H and O–H groups in total. The van der Waals surface area contributed by atoms with Gasteiger partial charge in [-0.25, -0.2) is 0 Å². The number of pyridine rings is 1. The first kappa shape index (κ1) is 24.1. The lowest BCUT2D eigenvalue weighted by Crippen LogP contribution is -2.51. The van der Waals surface area contributed by atoms with Crippen molar-refractivity contribution in [2.24, 2.45) is 5.73 Å². The highest BCUT2D eigenvalue weighted by Gasteiger charge is 2.27. The van der Waals surface area contributed by atoms with Gasteiger partial charge in [0.05, 0.1) is 6.61 Å². The molecule has 1 aliphatic rings. The molecule has 1 aromatic rings. The number of likely N-dealkylation sites (N-methyl/N-ethyl adjacent to an activating group) is 1. The Kier molecular flexibility index (Phi) is 12.0. The Morgan fingerprint density at radius 2 is 2.08 bits per heavy atom. The zero-order valence-corrected chi connectivity index (χ0v) is 16.6. The molecule has 2 rings (SSSR count). The first-order chi connectivity index (χ1) is 11.1. The maximum atomic E-state index is 12.2. The number of likely N-dealkylation sites (tertiary alicyclic amines) is 1. The lowest BCUT2D eigenvalue weighted by molar-refractivity contribution is -0.135. The van der Waals surface area contributed by atoms with Crippen LogP contribution in [0.4, 0.5) is 0 Å². The Morgan fingerprint density at radius 3 is 2.64 bits per heavy atom. The van der Waals surface area contributed by atoms with Crippen LogP contribution in [0.1, 0.15) is 18.5 Å². The molecular weight excluding hydrogens is 363 g/mol. The molecule has 144 valence electrons. The van der Waals surface area contributed by atoms with Crippen LogP contribution in [0.2, 0.25) is 0 Å². The third kappa shape index (κ3) is 7.46. The topological polar surface area (TPSA) is 71.7 Å². The Morgan fingerprint density at radius 1 is 1.40 bits per heavy atom. The molecular formula is C17H30Cl2N4O2. The van der Waals surface area contributed by atoms with Gasteiger partial charge in [-0.1, -0.05) is 6.07 Å². The highest BCUT2D eigenvalue weighted by atomic mass is 35.5. The van der Waals surface area contributed by atoms with Crippen molar-refractivity contribution < 1.29 is 9.53 Å². The van der Waals surface area contributed by atoms with Crippen LogP contribution >= 0.6 is 24.8 Å². The molecule has 0 bridgehead atoms. The summed E-state index contributed by atoms with van der Waals surface area (Å²) in [6.07, 6.45) is 4.79. The summed E-state index contributed by atoms with van der Waals surface area (Å²) in [5.74, 6) is -0.0289. The van der Waals surface area contributed by atoms with Crippen molar-refractivity contribution >= 4 is 30.7 Å². The molecule has 1 amide bonds. The van der Waals surface area contributed by atoms with E-state index in [1.807, 2.05) is 25.4 Å². The zero-order valence-electron chi connectivity index (χ0n) is 15.0. The van der Waals surface area contributed by atoms with Crippen LogP contribution in [0, 0.1) is 0 Å². The highest BCUT2D eigenvalue weighted by molar-refractivity contribution is 5.85. The van der Waals surface area contributed by atoms with Crippen LogP contribution < -0.4 is 5.73 Å². The molecule has 1 saturated heterocycles. The van der Waals surface area contributed by atoms with Gasteiger partial charge >= 0.3 is 0 Å². The molecule has 0 radical (unpaired) electrons. The van der Waals surface area contributed by atoms with Gasteiger partial charge in [-0.3, -0.25) is 9.78 Å². The number of carbonyl (C=O) groups excluding carboxylic acids is 1. The van der Waals surface area contributed by atoms with E-state index >= 15 is 0 Å². The number of ether oxygens (including phenoxy) is 1. The first-order valence-electron chi connectivity index (χ1n) is 8.25. The fourth-order valence-electron chi connectivity index (χ4n) is 3.04. The van der Waals surface area contributed by atoms with Crippen LogP contribution in [-0.4, -0.2) is 73.2 Å². The Bertz CT molecular complexity index is 485. The number of piperidine rings is 1. The van der Waals surface area contributed by atoms with Crippen molar-refractivity contribution in [3.63, 3.8) is 0 Å². The van der Waals surface area contributed by atoms with E-state index in [2.05, 4.69) is 16.0 Å². The number of halogens is 2. The van der Waals surface area contributed by atoms with Gasteiger partial charge in [-0.15, -0.1) is 24.8 Å². The average molecular weight is 393 g/mol. The number of carbonyl (C=O) groups is 1. The van der Waals surface area contributed by atoms with Crippen molar-refractivity contribution in [2.45, 2.75) is 31.3 Å². The molecule has 6 nitrogen and oxygen atoms in total. The summed E-state index contributed by atoms with van der Waals surface area (Å²) < 4.78 is 4.97. The molecule has 8 heteroatoms. The molecule has 2 heterocycles. The Labute approximate surface area is 162 Å². The van der Waals surface area contributed by atoms with E-state index in [1.54, 1.807) is 12.0 Å². The Balaban J connectivity index is 0.00000288. The fraction of sp³-hybridized carbons (Fsp3) is 0.647. The predicted molar refractivity (Wildman–Crippen MR) is 105 cm³/mol. The third-order valence-electron chi connectivity index (χ3n) is 4.53. The van der Waals surface area contributed by atoms with E-state index in [1.165, 1.54) is 0 Å². The number of aromatic nitrogens is 1. The molecule has 25 heavy (non-hydrogen) atoms. The molecule has 1 aromatic heterocycles. The van der Waals surface area contributed by atoms with Gasteiger partial charge in [0, 0.05) is 58.1 Å². The predicted octanol–water partition coefficient (Wildman–Crippen LogP) is 1.36. The summed E-state index contributed by atoms with van der Waals surface area (Å²) in [6, 6.07) is 5.74. The van der Waals surface area contributed by atoms with E-state index in [9.17, 15) is 4.79 Å².